The van der Waals surface area contributed by atoms with Crippen LogP contribution in [0.15, 0.2) is 34.9 Å². The van der Waals surface area contributed by atoms with Crippen LogP contribution in [0.3, 0.4) is 0 Å². The first-order chi connectivity index (χ1) is 16.7. The number of rotatable bonds is 8. The second kappa shape index (κ2) is 9.87. The zero-order valence-corrected chi connectivity index (χ0v) is 20.6. The molecule has 2 aromatic heterocycles. The number of nitrogens with one attached hydrogen (secondary N) is 1. The van der Waals surface area contributed by atoms with Crippen LogP contribution in [0.5, 0.6) is 5.75 Å². The van der Waals surface area contributed by atoms with Gasteiger partial charge in [-0.3, -0.25) is 14.5 Å². The molecule has 0 aliphatic carbocycles. The molecule has 0 bridgehead atoms. The van der Waals surface area contributed by atoms with Gasteiger partial charge in [-0.25, -0.2) is 9.36 Å². The first-order valence-corrected chi connectivity index (χ1v) is 12.0. The molecule has 4 N–H and O–H groups in total. The summed E-state index contributed by atoms with van der Waals surface area (Å²) in [7, 11) is 2.83. The number of carboxylic acids is 1. The third kappa shape index (κ3) is 4.64. The van der Waals surface area contributed by atoms with E-state index in [0.717, 1.165) is 22.8 Å². The fourth-order valence-electron chi connectivity index (χ4n) is 3.82. The Morgan fingerprint density at radius 3 is 2.80 bits per heavy atom. The molecule has 4 heterocycles. The molecule has 0 aromatic carbocycles. The Morgan fingerprint density at radius 1 is 1.43 bits per heavy atom. The fourth-order valence-corrected chi connectivity index (χ4v) is 5.59. The van der Waals surface area contributed by atoms with E-state index in [9.17, 15) is 19.5 Å². The highest BCUT2D eigenvalue weighted by molar-refractivity contribution is 8.00. The van der Waals surface area contributed by atoms with E-state index >= 15 is 0 Å². The van der Waals surface area contributed by atoms with Gasteiger partial charge in [0.05, 0.1) is 12.7 Å². The number of aryl methyl sites for hydroxylation is 1. The zero-order valence-electron chi connectivity index (χ0n) is 18.9. The summed E-state index contributed by atoms with van der Waals surface area (Å²) in [5, 5.41) is 15.7. The minimum absolute atomic E-state index is 0.0352. The van der Waals surface area contributed by atoms with Gasteiger partial charge in [0.2, 0.25) is 11.5 Å². The van der Waals surface area contributed by atoms with Crippen molar-refractivity contribution >= 4 is 51.9 Å². The molecule has 13 nitrogen and oxygen atoms in total. The van der Waals surface area contributed by atoms with Crippen LogP contribution in [0.25, 0.3) is 0 Å². The van der Waals surface area contributed by atoms with Crippen molar-refractivity contribution in [2.45, 2.75) is 24.9 Å². The number of thioether (sulfide) groups is 1. The summed E-state index contributed by atoms with van der Waals surface area (Å²) in [5.74, 6) is -1.44. The lowest BCUT2D eigenvalue weighted by molar-refractivity contribution is -0.689. The molecule has 2 aliphatic heterocycles. The van der Waals surface area contributed by atoms with Crippen molar-refractivity contribution < 1.29 is 33.6 Å². The van der Waals surface area contributed by atoms with Crippen molar-refractivity contribution in [1.29, 1.82) is 0 Å². The number of hydrogen-bond donors (Lipinski definition) is 3. The molecule has 2 atom stereocenters. The predicted molar refractivity (Wildman–Crippen MR) is 125 cm³/mol. The predicted octanol–water partition coefficient (Wildman–Crippen LogP) is -0.486. The summed E-state index contributed by atoms with van der Waals surface area (Å²) in [6.07, 6.45) is 3.63. The van der Waals surface area contributed by atoms with Crippen LogP contribution in [0.4, 0.5) is 5.13 Å². The van der Waals surface area contributed by atoms with Crippen LogP contribution < -0.4 is 20.4 Å². The van der Waals surface area contributed by atoms with Crippen molar-refractivity contribution in [2.24, 2.45) is 5.16 Å². The number of anilines is 1. The second-order valence-electron chi connectivity index (χ2n) is 7.57. The average Bonchev–Trinajstić information content (AvgIpc) is 3.26. The molecule has 15 heteroatoms. The third-order valence-electron chi connectivity index (χ3n) is 5.35. The number of nitrogen functional groups attached to an aromatic ring is 1. The first kappa shape index (κ1) is 24.4. The van der Waals surface area contributed by atoms with E-state index in [-0.39, 0.29) is 28.9 Å². The smallest absolute Gasteiger partial charge is 0.352 e. The Balaban J connectivity index is 1.53. The number of ether oxygens (including phenoxy) is 1. The highest BCUT2D eigenvalue weighted by Gasteiger charge is 2.54. The summed E-state index contributed by atoms with van der Waals surface area (Å²) >= 11 is 2.24. The van der Waals surface area contributed by atoms with Crippen LogP contribution in [0.2, 0.25) is 0 Å². The number of hydrogen-bond acceptors (Lipinski definition) is 11. The number of carbonyl (C=O) groups excluding carboxylic acids is 2. The van der Waals surface area contributed by atoms with Gasteiger partial charge in [0.1, 0.15) is 30.0 Å². The number of amides is 2. The van der Waals surface area contributed by atoms with Crippen molar-refractivity contribution in [1.82, 2.24) is 19.6 Å². The van der Waals surface area contributed by atoms with Crippen molar-refractivity contribution in [3.63, 3.8) is 0 Å². The molecule has 0 saturated carbocycles. The number of β-lactam (4-membered cyclic amide) rings is 1. The van der Waals surface area contributed by atoms with E-state index in [2.05, 4.69) is 19.8 Å². The average molecular weight is 521 g/mol. The van der Waals surface area contributed by atoms with Gasteiger partial charge in [-0.15, -0.1) is 11.8 Å². The maximum Gasteiger partial charge on any atom is 0.352 e. The van der Waals surface area contributed by atoms with Crippen molar-refractivity contribution in [3.8, 4) is 5.75 Å². The third-order valence-corrected chi connectivity index (χ3v) is 7.23. The Kier molecular flexibility index (Phi) is 6.88. The number of pyridine rings is 1. The van der Waals surface area contributed by atoms with Gasteiger partial charge in [-0.1, -0.05) is 5.16 Å². The number of nitrogens with two attached hydrogens (primary N) is 1. The van der Waals surface area contributed by atoms with Gasteiger partial charge in [-0.2, -0.15) is 9.36 Å². The minimum Gasteiger partial charge on any atom is -0.496 e. The van der Waals surface area contributed by atoms with Gasteiger partial charge >= 0.3 is 5.97 Å². The second-order valence-corrected chi connectivity index (χ2v) is 9.45. The van der Waals surface area contributed by atoms with Crippen molar-refractivity contribution in [3.05, 3.63) is 41.1 Å². The molecular formula is C20H22N7O6S2+. The maximum absolute atomic E-state index is 13.0. The lowest BCUT2D eigenvalue weighted by Gasteiger charge is -2.49. The monoisotopic (exact) mass is 520 g/mol. The number of carboxylic acid groups (broad SMARTS) is 1. The highest BCUT2D eigenvalue weighted by Crippen LogP contribution is 2.40. The van der Waals surface area contributed by atoms with Gasteiger partial charge in [0, 0.05) is 28.9 Å². The van der Waals surface area contributed by atoms with E-state index in [0.29, 0.717) is 11.3 Å². The molecule has 2 amide bonds. The van der Waals surface area contributed by atoms with E-state index < -0.39 is 29.2 Å². The molecule has 0 radical (unpaired) electrons. The summed E-state index contributed by atoms with van der Waals surface area (Å²) in [6.45, 7) is 2.17. The number of carbonyl (C=O) groups is 3. The van der Waals surface area contributed by atoms with Gasteiger partial charge < -0.3 is 25.7 Å². The lowest BCUT2D eigenvalue weighted by Crippen LogP contribution is -2.71. The maximum atomic E-state index is 13.0. The van der Waals surface area contributed by atoms with Gasteiger partial charge in [0.25, 0.3) is 11.8 Å². The molecule has 184 valence electrons. The van der Waals surface area contributed by atoms with E-state index in [1.54, 1.807) is 19.4 Å². The quantitative estimate of drug-likeness (QED) is 0.178. The molecule has 0 spiro atoms. The zero-order chi connectivity index (χ0) is 25.3. The van der Waals surface area contributed by atoms with Gasteiger partial charge in [0.15, 0.2) is 24.1 Å². The van der Waals surface area contributed by atoms with Crippen LogP contribution in [0.1, 0.15) is 11.4 Å². The summed E-state index contributed by atoms with van der Waals surface area (Å²) in [5.41, 5.74) is 6.73. The molecule has 35 heavy (non-hydrogen) atoms. The number of oxime groups is 1. The van der Waals surface area contributed by atoms with Crippen LogP contribution in [-0.2, 0) is 25.8 Å². The Hall–Kier alpha value is -3.72. The standard InChI is InChI=1S/C20H21N7O6S2/c1-9-6-26(5-4-11(9)32-2)7-10-8-34-18-13(17(29)27(18)14(10)19(30)31)22-16(28)12(24-33-3)15-23-20(21)35-25-15/h4-6,13,18H,7-8H2,1-3H3,(H3-,21,22,23,25,28,30,31)/p+1/t13?,18-/m0/s1. The molecule has 1 fully saturated rings. The minimum atomic E-state index is -1.21. The SMILES string of the molecule is CON=C(C(=O)NC1C(=O)N2C(C(=O)O)=C(C[n+]3ccc(OC)c(C)c3)CS[C@@H]12)c1nsc(N)n1. The number of aromatic nitrogens is 3. The van der Waals surface area contributed by atoms with Crippen LogP contribution in [-0.4, -0.2) is 74.2 Å². The molecule has 4 rings (SSSR count). The Labute approximate surface area is 207 Å². The van der Waals surface area contributed by atoms with E-state index in [4.69, 9.17) is 15.3 Å². The molecule has 1 saturated heterocycles. The first-order valence-electron chi connectivity index (χ1n) is 10.2. The largest absolute Gasteiger partial charge is 0.496 e. The summed E-state index contributed by atoms with van der Waals surface area (Å²) in [6, 6.07) is 0.844. The molecule has 2 aromatic rings. The normalized spacial score (nSPS) is 19.7. The Morgan fingerprint density at radius 2 is 2.20 bits per heavy atom. The van der Waals surface area contributed by atoms with Crippen LogP contribution >= 0.6 is 23.3 Å². The number of nitrogens with zero attached hydrogens (tertiary/aromatic N) is 5. The van der Waals surface area contributed by atoms with Crippen LogP contribution in [0, 0.1) is 6.92 Å². The molecule has 1 unspecified atom stereocenters. The van der Waals surface area contributed by atoms with E-state index in [1.807, 2.05) is 17.7 Å². The number of methoxy groups -OCH3 is 1. The molecule has 2 aliphatic rings. The number of fused-ring (bicyclic) bond motifs is 1. The molecular weight excluding hydrogens is 498 g/mol. The summed E-state index contributed by atoms with van der Waals surface area (Å²) < 4.78 is 11.0. The number of aliphatic carboxylic acids is 1. The van der Waals surface area contributed by atoms with Crippen molar-refractivity contribution in [2.75, 3.05) is 25.7 Å². The van der Waals surface area contributed by atoms with Gasteiger partial charge in [-0.05, 0) is 6.92 Å². The topological polar surface area (TPSA) is 173 Å². The Bertz CT molecular complexity index is 1260. The van der Waals surface area contributed by atoms with E-state index in [1.165, 1.54) is 23.8 Å². The summed E-state index contributed by atoms with van der Waals surface area (Å²) in [4.78, 5) is 47.7. The highest BCUT2D eigenvalue weighted by atomic mass is 32.2. The fraction of sp³-hybridized carbons (Fsp3) is 0.350. The lowest BCUT2D eigenvalue weighted by atomic mass is 10.0.